The standard InChI is InChI=1S/C12H24O5.H2/c1-5-6-7-16-10-9(14-3)8(2)17-12(13)11(10)15-4;/h8-13H,5-7H2,1-4H3;1H/t8-,9-,10+,11+,12?;/m0./s1/i;1+1. The van der Waals surface area contributed by atoms with E-state index in [1.54, 1.807) is 7.11 Å². The van der Waals surface area contributed by atoms with Crippen molar-refractivity contribution in [1.82, 2.24) is 0 Å². The SMILES string of the molecule is CCCCO[C@@H]1[C@@H](OC)[C@H](C)OC(O)[C@@H]1OC.[2HH]. The maximum absolute atomic E-state index is 9.80. The van der Waals surface area contributed by atoms with E-state index < -0.39 is 12.4 Å². The van der Waals surface area contributed by atoms with Gasteiger partial charge in [-0.2, -0.15) is 0 Å². The fraction of sp³-hybridized carbons (Fsp3) is 1.00. The fourth-order valence-electron chi connectivity index (χ4n) is 2.12. The molecule has 0 aromatic rings. The van der Waals surface area contributed by atoms with Crippen molar-refractivity contribution in [3.8, 4) is 0 Å². The van der Waals surface area contributed by atoms with Crippen molar-refractivity contribution >= 4 is 0 Å². The number of aliphatic hydroxyl groups excluding tert-OH is 1. The minimum atomic E-state index is -0.965. The molecule has 0 spiro atoms. The van der Waals surface area contributed by atoms with E-state index in [2.05, 4.69) is 6.92 Å². The van der Waals surface area contributed by atoms with Crippen LogP contribution < -0.4 is 0 Å². The molecular formula is C12H26O5. The number of unbranched alkanes of at least 4 members (excludes halogenated alkanes) is 1. The number of methoxy groups -OCH3 is 2. The second-order valence-electron chi connectivity index (χ2n) is 4.32. The topological polar surface area (TPSA) is 57.2 Å². The van der Waals surface area contributed by atoms with Gasteiger partial charge in [0.05, 0.1) is 6.10 Å². The zero-order valence-corrected chi connectivity index (χ0v) is 11.1. The Morgan fingerprint density at radius 2 is 1.82 bits per heavy atom. The molecule has 0 aliphatic carbocycles. The van der Waals surface area contributed by atoms with Crippen LogP contribution >= 0.6 is 0 Å². The first-order valence-corrected chi connectivity index (χ1v) is 6.16. The van der Waals surface area contributed by atoms with Crippen molar-refractivity contribution in [1.29, 1.82) is 0 Å². The van der Waals surface area contributed by atoms with Crippen LogP contribution in [-0.4, -0.2) is 56.6 Å². The van der Waals surface area contributed by atoms with Crippen LogP contribution in [0.5, 0.6) is 0 Å². The van der Waals surface area contributed by atoms with Gasteiger partial charge in [0.2, 0.25) is 0 Å². The molecule has 0 saturated carbocycles. The van der Waals surface area contributed by atoms with Gasteiger partial charge in [-0.15, -0.1) is 0 Å². The minimum absolute atomic E-state index is 0. The Bertz CT molecular complexity index is 201. The lowest BCUT2D eigenvalue weighted by molar-refractivity contribution is -0.295. The molecule has 0 aromatic carbocycles. The zero-order valence-electron chi connectivity index (χ0n) is 11.1. The number of ether oxygens (including phenoxy) is 4. The largest absolute Gasteiger partial charge is 0.376 e. The molecule has 5 atom stereocenters. The average Bonchev–Trinajstić information content (AvgIpc) is 2.29. The predicted octanol–water partition coefficient (Wildman–Crippen LogP) is 1.18. The molecule has 17 heavy (non-hydrogen) atoms. The highest BCUT2D eigenvalue weighted by molar-refractivity contribution is 4.90. The molecule has 104 valence electrons. The predicted molar refractivity (Wildman–Crippen MR) is 64.9 cm³/mol. The Morgan fingerprint density at radius 1 is 1.18 bits per heavy atom. The van der Waals surface area contributed by atoms with Gasteiger partial charge in [-0.25, -0.2) is 0 Å². The minimum Gasteiger partial charge on any atom is -0.376 e. The number of aliphatic hydroxyl groups is 1. The lowest BCUT2D eigenvalue weighted by Crippen LogP contribution is -2.59. The molecule has 1 unspecified atom stereocenters. The summed E-state index contributed by atoms with van der Waals surface area (Å²) in [6.07, 6.45) is -0.157. The van der Waals surface area contributed by atoms with Crippen molar-refractivity contribution in [2.45, 2.75) is 57.4 Å². The third-order valence-electron chi connectivity index (χ3n) is 3.10. The molecule has 5 heteroatoms. The normalized spacial score (nSPS) is 38.3. The molecule has 5 nitrogen and oxygen atoms in total. The van der Waals surface area contributed by atoms with Gasteiger partial charge >= 0.3 is 0 Å². The quantitative estimate of drug-likeness (QED) is 0.718. The van der Waals surface area contributed by atoms with Gasteiger partial charge in [-0.05, 0) is 13.3 Å². The van der Waals surface area contributed by atoms with Crippen molar-refractivity contribution in [2.24, 2.45) is 0 Å². The maximum Gasteiger partial charge on any atom is 0.184 e. The summed E-state index contributed by atoms with van der Waals surface area (Å²) >= 11 is 0. The first-order valence-electron chi connectivity index (χ1n) is 6.16. The molecule has 0 radical (unpaired) electrons. The van der Waals surface area contributed by atoms with Gasteiger partial charge < -0.3 is 24.1 Å². The van der Waals surface area contributed by atoms with Crippen molar-refractivity contribution in [3.63, 3.8) is 0 Å². The second kappa shape index (κ2) is 7.28. The maximum atomic E-state index is 9.80. The molecular weight excluding hydrogens is 224 g/mol. The Hall–Kier alpha value is -0.200. The second-order valence-corrected chi connectivity index (χ2v) is 4.32. The third kappa shape index (κ3) is 3.63. The zero-order chi connectivity index (χ0) is 12.8. The lowest BCUT2D eigenvalue weighted by Gasteiger charge is -2.42. The first-order chi connectivity index (χ1) is 8.15. The number of rotatable bonds is 6. The molecule has 1 aliphatic heterocycles. The molecule has 1 N–H and O–H groups in total. The Kier molecular flexibility index (Phi) is 6.37. The van der Waals surface area contributed by atoms with E-state index in [0.717, 1.165) is 12.8 Å². The van der Waals surface area contributed by atoms with E-state index in [1.807, 2.05) is 6.92 Å². The summed E-state index contributed by atoms with van der Waals surface area (Å²) in [6.45, 7) is 4.60. The summed E-state index contributed by atoms with van der Waals surface area (Å²) in [5.41, 5.74) is 0. The number of hydrogen-bond donors (Lipinski definition) is 1. The van der Waals surface area contributed by atoms with Crippen molar-refractivity contribution in [3.05, 3.63) is 0 Å². The van der Waals surface area contributed by atoms with Crippen LogP contribution in [0, 0.1) is 0 Å². The molecule has 0 amide bonds. The van der Waals surface area contributed by atoms with E-state index in [-0.39, 0.29) is 19.7 Å². The highest BCUT2D eigenvalue weighted by atomic mass is 16.7. The van der Waals surface area contributed by atoms with Gasteiger partial charge in [0, 0.05) is 22.3 Å². The van der Waals surface area contributed by atoms with E-state index >= 15 is 0 Å². The van der Waals surface area contributed by atoms with E-state index in [4.69, 9.17) is 18.9 Å². The van der Waals surface area contributed by atoms with Crippen LogP contribution in [-0.2, 0) is 18.9 Å². The smallest absolute Gasteiger partial charge is 0.184 e. The molecule has 0 bridgehead atoms. The summed E-state index contributed by atoms with van der Waals surface area (Å²) in [7, 11) is 3.15. The summed E-state index contributed by atoms with van der Waals surface area (Å²) in [5, 5.41) is 9.80. The van der Waals surface area contributed by atoms with Crippen LogP contribution in [0.25, 0.3) is 0 Å². The highest BCUT2D eigenvalue weighted by Gasteiger charge is 2.45. The van der Waals surface area contributed by atoms with E-state index in [0.29, 0.717) is 6.61 Å². The van der Waals surface area contributed by atoms with Crippen LogP contribution in [0.3, 0.4) is 0 Å². The summed E-state index contributed by atoms with van der Waals surface area (Å²) in [5.74, 6) is 0. The van der Waals surface area contributed by atoms with E-state index in [9.17, 15) is 5.11 Å². The summed E-state index contributed by atoms with van der Waals surface area (Å²) in [6, 6.07) is 0. The molecule has 1 aliphatic rings. The van der Waals surface area contributed by atoms with Gasteiger partial charge in [0.1, 0.15) is 18.3 Å². The van der Waals surface area contributed by atoms with Gasteiger partial charge in [0.25, 0.3) is 0 Å². The molecule has 1 heterocycles. The molecule has 1 fully saturated rings. The van der Waals surface area contributed by atoms with Gasteiger partial charge in [-0.3, -0.25) is 0 Å². The average molecular weight is 251 g/mol. The fourth-order valence-corrected chi connectivity index (χ4v) is 2.12. The van der Waals surface area contributed by atoms with Gasteiger partial charge in [-0.1, -0.05) is 13.3 Å². The first kappa shape index (κ1) is 14.9. The van der Waals surface area contributed by atoms with Crippen LogP contribution in [0.4, 0.5) is 0 Å². The molecule has 1 rings (SSSR count). The van der Waals surface area contributed by atoms with Crippen LogP contribution in [0.15, 0.2) is 0 Å². The molecule has 1 saturated heterocycles. The van der Waals surface area contributed by atoms with Crippen LogP contribution in [0.2, 0.25) is 0 Å². The molecule has 0 aromatic heterocycles. The Balaban J connectivity index is 0.00000289. The number of hydrogen-bond acceptors (Lipinski definition) is 5. The van der Waals surface area contributed by atoms with Crippen molar-refractivity contribution in [2.75, 3.05) is 20.8 Å². The van der Waals surface area contributed by atoms with Crippen molar-refractivity contribution < 1.29 is 25.5 Å². The Labute approximate surface area is 104 Å². The third-order valence-corrected chi connectivity index (χ3v) is 3.10. The summed E-state index contributed by atoms with van der Waals surface area (Å²) in [4.78, 5) is 0. The van der Waals surface area contributed by atoms with Gasteiger partial charge in [0.15, 0.2) is 6.29 Å². The monoisotopic (exact) mass is 251 g/mol. The van der Waals surface area contributed by atoms with Crippen LogP contribution in [0.1, 0.15) is 28.1 Å². The lowest BCUT2D eigenvalue weighted by atomic mass is 9.99. The highest BCUT2D eigenvalue weighted by Crippen LogP contribution is 2.26. The van der Waals surface area contributed by atoms with E-state index in [1.165, 1.54) is 7.11 Å². The Morgan fingerprint density at radius 3 is 2.35 bits per heavy atom. The summed E-state index contributed by atoms with van der Waals surface area (Å²) < 4.78 is 21.8.